The van der Waals surface area contributed by atoms with Gasteiger partial charge in [-0.15, -0.1) is 0 Å². The molecule has 2 aromatic rings. The van der Waals surface area contributed by atoms with Gasteiger partial charge < -0.3 is 15.0 Å². The minimum atomic E-state index is -5.13. The molecule has 13 heteroatoms. The molecule has 0 fully saturated rings. The molecule has 1 heterocycles. The average Bonchev–Trinajstić information content (AvgIpc) is 3.01. The Kier molecular flexibility index (Phi) is 6.06. The summed E-state index contributed by atoms with van der Waals surface area (Å²) in [5, 5.41) is 11.3. The normalized spacial score (nSPS) is 13.8. The Morgan fingerprint density at radius 3 is 2.53 bits per heavy atom. The van der Waals surface area contributed by atoms with Crippen LogP contribution in [0.5, 0.6) is 0 Å². The predicted molar refractivity (Wildman–Crippen MR) is 100 cm³/mol. The topological polar surface area (TPSA) is 105 Å². The van der Waals surface area contributed by atoms with Gasteiger partial charge in [-0.2, -0.15) is 13.2 Å². The van der Waals surface area contributed by atoms with E-state index >= 15 is 0 Å². The van der Waals surface area contributed by atoms with E-state index in [2.05, 4.69) is 4.72 Å². The van der Waals surface area contributed by atoms with Crippen molar-refractivity contribution in [2.24, 2.45) is 0 Å². The Bertz CT molecular complexity index is 1080. The number of nitrogens with one attached hydrogen (secondary N) is 2. The van der Waals surface area contributed by atoms with E-state index in [0.29, 0.717) is 11.0 Å². The number of carbonyl (C=O) groups is 1. The molecule has 7 nitrogen and oxygen atoms in total. The van der Waals surface area contributed by atoms with Gasteiger partial charge in [-0.05, 0) is 46.9 Å². The number of amides is 1. The van der Waals surface area contributed by atoms with Crippen LogP contribution >= 0.6 is 0 Å². The molecule has 0 atom stereocenters. The summed E-state index contributed by atoms with van der Waals surface area (Å²) < 4.78 is 83.0. The molecular weight excluding hydrogens is 431 g/mol. The molecule has 0 saturated carbocycles. The van der Waals surface area contributed by atoms with Crippen LogP contribution in [-0.2, 0) is 32.5 Å². The first kappa shape index (κ1) is 22.1. The number of hydrogen-bond donors (Lipinski definition) is 3. The Hall–Kier alpha value is -2.64. The van der Waals surface area contributed by atoms with Gasteiger partial charge in [0.15, 0.2) is 0 Å². The standard InChI is InChI=1S/C17H15BF4N2O5S/c19-6-5-10-7-12(23-16(25)17(20,21)22)3-4-15(10)30(27,28)24-13-2-1-11-9-29-18(26)14(11)8-13/h1-4,7-8,24,26H,5-6,9H2,(H,23,25). The summed E-state index contributed by atoms with van der Waals surface area (Å²) in [6, 6.07) is 7.33. The molecular formula is C17H15BF4N2O5S. The van der Waals surface area contributed by atoms with E-state index in [1.807, 2.05) is 0 Å². The van der Waals surface area contributed by atoms with Gasteiger partial charge in [-0.3, -0.25) is 13.9 Å². The molecule has 0 saturated heterocycles. The van der Waals surface area contributed by atoms with Crippen LogP contribution < -0.4 is 15.5 Å². The van der Waals surface area contributed by atoms with Crippen molar-refractivity contribution in [2.75, 3.05) is 16.7 Å². The van der Waals surface area contributed by atoms with Gasteiger partial charge in [0.25, 0.3) is 10.0 Å². The van der Waals surface area contributed by atoms with Crippen molar-refractivity contribution in [3.8, 4) is 0 Å². The van der Waals surface area contributed by atoms with Gasteiger partial charge >= 0.3 is 19.2 Å². The zero-order valence-electron chi connectivity index (χ0n) is 15.2. The molecule has 0 aromatic heterocycles. The fraction of sp³-hybridized carbons (Fsp3) is 0.235. The lowest BCUT2D eigenvalue weighted by Gasteiger charge is -2.15. The molecule has 1 amide bonds. The number of fused-ring (bicyclic) bond motifs is 1. The zero-order valence-corrected chi connectivity index (χ0v) is 16.0. The van der Waals surface area contributed by atoms with Crippen molar-refractivity contribution in [2.45, 2.75) is 24.1 Å². The van der Waals surface area contributed by atoms with Crippen molar-refractivity contribution >= 4 is 39.9 Å². The maximum atomic E-state index is 12.9. The molecule has 3 N–H and O–H groups in total. The fourth-order valence-corrected chi connectivity index (χ4v) is 4.21. The van der Waals surface area contributed by atoms with Crippen LogP contribution in [0.1, 0.15) is 11.1 Å². The maximum Gasteiger partial charge on any atom is 0.491 e. The van der Waals surface area contributed by atoms with Crippen LogP contribution in [0, 0.1) is 0 Å². The fourth-order valence-electron chi connectivity index (χ4n) is 2.91. The van der Waals surface area contributed by atoms with Crippen LogP contribution in [0.3, 0.4) is 0 Å². The number of benzene rings is 2. The number of sulfonamides is 1. The highest BCUT2D eigenvalue weighted by Gasteiger charge is 2.38. The second-order valence-corrected chi connectivity index (χ2v) is 8.05. The van der Waals surface area contributed by atoms with Crippen LogP contribution in [-0.4, -0.2) is 39.3 Å². The van der Waals surface area contributed by atoms with Crippen LogP contribution in [0.4, 0.5) is 28.9 Å². The van der Waals surface area contributed by atoms with Crippen molar-refractivity contribution in [1.29, 1.82) is 0 Å². The van der Waals surface area contributed by atoms with E-state index in [9.17, 15) is 35.8 Å². The predicted octanol–water partition coefficient (Wildman–Crippen LogP) is 1.72. The van der Waals surface area contributed by atoms with Gasteiger partial charge in [-0.1, -0.05) is 6.07 Å². The molecule has 1 aliphatic rings. The molecule has 160 valence electrons. The third-order valence-electron chi connectivity index (χ3n) is 4.29. The lowest BCUT2D eigenvalue weighted by molar-refractivity contribution is -0.167. The maximum absolute atomic E-state index is 12.9. The van der Waals surface area contributed by atoms with Gasteiger partial charge in [-0.25, -0.2) is 8.42 Å². The van der Waals surface area contributed by atoms with E-state index in [0.717, 1.165) is 18.2 Å². The number of rotatable bonds is 6. The highest BCUT2D eigenvalue weighted by molar-refractivity contribution is 7.92. The molecule has 30 heavy (non-hydrogen) atoms. The summed E-state index contributed by atoms with van der Waals surface area (Å²) in [6.07, 6.45) is -5.53. The number of halogens is 4. The van der Waals surface area contributed by atoms with Gasteiger partial charge in [0.2, 0.25) is 0 Å². The molecule has 0 unspecified atom stereocenters. The quantitative estimate of drug-likeness (QED) is 0.463. The smallest absolute Gasteiger partial charge is 0.423 e. The molecule has 1 aliphatic heterocycles. The molecule has 0 bridgehead atoms. The summed E-state index contributed by atoms with van der Waals surface area (Å²) in [7, 11) is -5.44. The van der Waals surface area contributed by atoms with E-state index in [-0.39, 0.29) is 28.4 Å². The van der Waals surface area contributed by atoms with Crippen molar-refractivity contribution in [3.63, 3.8) is 0 Å². The van der Waals surface area contributed by atoms with E-state index in [4.69, 9.17) is 4.65 Å². The molecule has 3 rings (SSSR count). The van der Waals surface area contributed by atoms with Crippen molar-refractivity contribution in [1.82, 2.24) is 0 Å². The molecule has 0 spiro atoms. The first-order valence-corrected chi connectivity index (χ1v) is 10.0. The lowest BCUT2D eigenvalue weighted by atomic mass is 9.79. The number of anilines is 2. The van der Waals surface area contributed by atoms with Crippen molar-refractivity contribution < 1.29 is 40.5 Å². The Morgan fingerprint density at radius 1 is 1.17 bits per heavy atom. The second-order valence-electron chi connectivity index (χ2n) is 6.40. The zero-order chi connectivity index (χ0) is 22.1. The number of aryl methyl sites for hydroxylation is 1. The number of alkyl halides is 4. The molecule has 2 aromatic carbocycles. The summed E-state index contributed by atoms with van der Waals surface area (Å²) in [5.41, 5.74) is 0.753. The Labute approximate surface area is 169 Å². The second kappa shape index (κ2) is 8.24. The third kappa shape index (κ3) is 4.74. The largest absolute Gasteiger partial charge is 0.491 e. The summed E-state index contributed by atoms with van der Waals surface area (Å²) in [5.74, 6) is -2.23. The SMILES string of the molecule is O=C(Nc1ccc(S(=O)(=O)Nc2ccc3c(c2)B(O)OC3)c(CCF)c1)C(F)(F)F. The van der Waals surface area contributed by atoms with E-state index in [1.54, 1.807) is 11.4 Å². The van der Waals surface area contributed by atoms with Crippen molar-refractivity contribution in [3.05, 3.63) is 47.5 Å². The molecule has 0 aliphatic carbocycles. The van der Waals surface area contributed by atoms with Gasteiger partial charge in [0.1, 0.15) is 0 Å². The Morgan fingerprint density at radius 2 is 1.87 bits per heavy atom. The minimum Gasteiger partial charge on any atom is -0.423 e. The minimum absolute atomic E-state index is 0.110. The van der Waals surface area contributed by atoms with E-state index < -0.39 is 42.3 Å². The summed E-state index contributed by atoms with van der Waals surface area (Å²) >= 11 is 0. The van der Waals surface area contributed by atoms with E-state index in [1.165, 1.54) is 12.1 Å². The van der Waals surface area contributed by atoms with Gasteiger partial charge in [0, 0.05) is 17.8 Å². The molecule has 0 radical (unpaired) electrons. The summed E-state index contributed by atoms with van der Waals surface area (Å²) in [4.78, 5) is 10.7. The highest BCUT2D eigenvalue weighted by atomic mass is 32.2. The summed E-state index contributed by atoms with van der Waals surface area (Å²) in [6.45, 7) is -0.795. The van der Waals surface area contributed by atoms with Crippen LogP contribution in [0.2, 0.25) is 0 Å². The third-order valence-corrected chi connectivity index (χ3v) is 5.77. The van der Waals surface area contributed by atoms with Crippen LogP contribution in [0.15, 0.2) is 41.3 Å². The monoisotopic (exact) mass is 446 g/mol. The lowest BCUT2D eigenvalue weighted by Crippen LogP contribution is -2.30. The number of hydrogen-bond acceptors (Lipinski definition) is 5. The van der Waals surface area contributed by atoms with Crippen LogP contribution in [0.25, 0.3) is 0 Å². The average molecular weight is 446 g/mol. The first-order valence-electron chi connectivity index (χ1n) is 8.53. The Balaban J connectivity index is 1.89. The first-order chi connectivity index (χ1) is 14.0. The van der Waals surface area contributed by atoms with Gasteiger partial charge in [0.05, 0.1) is 18.2 Å². The highest BCUT2D eigenvalue weighted by Crippen LogP contribution is 2.26. The number of carbonyl (C=O) groups excluding carboxylic acids is 1.